The first kappa shape index (κ1) is 100. The van der Waals surface area contributed by atoms with E-state index >= 15 is 0 Å². The Hall–Kier alpha value is -10.4. The van der Waals surface area contributed by atoms with Gasteiger partial charge in [-0.25, -0.2) is 33.7 Å². The smallest absolute Gasteiger partial charge is 0.246 e. The van der Waals surface area contributed by atoms with Gasteiger partial charge in [0.05, 0.1) is 46.5 Å². The number of piperazine rings is 4. The van der Waals surface area contributed by atoms with Crippen LogP contribution in [0.4, 0.5) is 0 Å². The number of nitriles is 4. The number of ether oxygens (including phenoxy) is 4. The summed E-state index contributed by atoms with van der Waals surface area (Å²) in [6, 6.07) is 45.7. The number of aryl methyl sites for hydroxylation is 4. The molecule has 0 aromatic heterocycles. The highest BCUT2D eigenvalue weighted by atomic mass is 35.5. The molecule has 0 unspecified atom stereocenters. The zero-order valence-electron chi connectivity index (χ0n) is 73.8. The van der Waals surface area contributed by atoms with Crippen LogP contribution in [0.25, 0.3) is 0 Å². The van der Waals surface area contributed by atoms with E-state index in [0.717, 1.165) is 67.2 Å². The van der Waals surface area contributed by atoms with E-state index in [1.165, 1.54) is 90.0 Å². The number of hydrogen-bond donors (Lipinski definition) is 0. The van der Waals surface area contributed by atoms with Crippen molar-refractivity contribution < 1.29 is 71.8 Å². The lowest BCUT2D eigenvalue weighted by Gasteiger charge is -2.37. The number of carbonyl (C=O) groups excluding carboxylic acids is 4. The summed E-state index contributed by atoms with van der Waals surface area (Å²) in [6.07, 6.45) is 7.75. The lowest BCUT2D eigenvalue weighted by molar-refractivity contribution is -0.139. The second kappa shape index (κ2) is 43.8. The molecule has 2 saturated carbocycles. The Labute approximate surface area is 782 Å². The van der Waals surface area contributed by atoms with Crippen LogP contribution in [0.15, 0.2) is 165 Å². The fraction of sp³-hybridized carbons (Fsp3) is 0.404. The van der Waals surface area contributed by atoms with E-state index in [4.69, 9.17) is 65.4 Å². The van der Waals surface area contributed by atoms with Crippen LogP contribution in [0.5, 0.6) is 46.0 Å². The van der Waals surface area contributed by atoms with Crippen molar-refractivity contribution >= 4 is 110 Å². The SMILES string of the molecule is Cc1cc(Cl)cc(Oc2ccc(C#N)cc2S(=O)(=O)N2CCN(C(=O)C3CCC3)CC2)c1.Cc1cc(Cl)cc(Oc2ccc(C#N)cc2S(=O)(=O)N2CCN(C(=O)C3CCCC3)CC2)c1.Cc1cc(Cl)cc(Oc2ccc(C#N)cc2S(=O)(=O)N2CCN(C(=O)CC(C)(C)C)CC2)c1.Cc1cc(Cl)cc(Oc2ccc(C#N)cc2S(=O)(=O)N2CCN(C(=O)CC(C)C)CC2)c1. The molecule has 0 atom stereocenters. The first-order chi connectivity index (χ1) is 61.5. The molecule has 28 nitrogen and oxygen atoms in total. The predicted molar refractivity (Wildman–Crippen MR) is 494 cm³/mol. The molecule has 0 N–H and O–H groups in total. The molecule has 2 aliphatic carbocycles. The van der Waals surface area contributed by atoms with Gasteiger partial charge >= 0.3 is 0 Å². The van der Waals surface area contributed by atoms with E-state index in [1.54, 1.807) is 92.4 Å². The average molecular weight is 1930 g/mol. The monoisotopic (exact) mass is 1920 g/mol. The van der Waals surface area contributed by atoms with Crippen molar-refractivity contribution in [2.24, 2.45) is 23.2 Å². The van der Waals surface area contributed by atoms with Crippen LogP contribution < -0.4 is 18.9 Å². The second-order valence-electron chi connectivity index (χ2n) is 34.3. The predicted octanol–water partition coefficient (Wildman–Crippen LogP) is 17.1. The fourth-order valence-electron chi connectivity index (χ4n) is 15.6. The number of carbonyl (C=O) groups is 4. The van der Waals surface area contributed by atoms with Crippen LogP contribution in [0.2, 0.25) is 20.1 Å². The Kier molecular flexibility index (Phi) is 33.7. The minimum atomic E-state index is -3.96. The molecule has 6 fully saturated rings. The normalized spacial score (nSPS) is 16.3. The molecular formula is C94H104Cl4N12O16S4. The van der Waals surface area contributed by atoms with Gasteiger partial charge < -0.3 is 38.5 Å². The molecule has 4 heterocycles. The Balaban J connectivity index is 0.000000168. The lowest BCUT2D eigenvalue weighted by atomic mass is 9.84. The van der Waals surface area contributed by atoms with Crippen LogP contribution in [-0.4, -0.2) is 199 Å². The summed E-state index contributed by atoms with van der Waals surface area (Å²) in [5.41, 5.74) is 4.21. The number of amides is 4. The van der Waals surface area contributed by atoms with Gasteiger partial charge in [-0.15, -0.1) is 0 Å². The van der Waals surface area contributed by atoms with Crippen molar-refractivity contribution in [3.05, 3.63) is 210 Å². The molecule has 0 radical (unpaired) electrons. The Morgan fingerprint density at radius 3 is 0.808 bits per heavy atom. The number of halogens is 4. The molecule has 8 aromatic rings. The van der Waals surface area contributed by atoms with Gasteiger partial charge in [0.1, 0.15) is 65.6 Å². The maximum Gasteiger partial charge on any atom is 0.246 e. The molecule has 6 aliphatic rings. The Bertz CT molecular complexity index is 6130. The molecule has 8 aromatic carbocycles. The van der Waals surface area contributed by atoms with E-state index < -0.39 is 40.1 Å². The highest BCUT2D eigenvalue weighted by Crippen LogP contribution is 2.41. The third-order valence-corrected chi connectivity index (χ3v) is 31.0. The van der Waals surface area contributed by atoms with Crippen molar-refractivity contribution in [1.82, 2.24) is 36.8 Å². The summed E-state index contributed by atoms with van der Waals surface area (Å²) < 4.78 is 137. The van der Waals surface area contributed by atoms with Crippen molar-refractivity contribution in [3.8, 4) is 70.3 Å². The molecule has 4 aliphatic heterocycles. The van der Waals surface area contributed by atoms with Crippen molar-refractivity contribution in [1.29, 1.82) is 21.0 Å². The maximum absolute atomic E-state index is 13.5. The van der Waals surface area contributed by atoms with Crippen LogP contribution in [-0.2, 0) is 59.3 Å². The number of rotatable bonds is 21. The quantitative estimate of drug-likeness (QED) is 0.0645. The standard InChI is InChI=1S/C24H26ClN3O4S.C24H28ClN3O4S.C23H24ClN3O4S.C23H26ClN3O4S/c1-17-12-20(25)15-21(13-17)32-22-7-6-18(16-26)14-23(22)33(30,31)28-10-8-27(9-11-28)24(29)19-4-2-3-5-19;1-17-11-19(25)14-20(12-17)32-21-6-5-18(16-26)13-22(21)33(30,31)28-9-7-27(8-10-28)23(29)15-24(2,3)4;1-16-11-19(24)14-20(12-16)31-21-6-5-17(15-25)13-22(21)32(29,30)27-9-7-26(8-10-27)23(28)18-3-2-4-18;1-16(2)10-23(28)26-6-8-27(9-7-26)32(29,30)22-13-18(15-25)4-5-21(22)31-20-12-17(3)11-19(24)14-20/h6-7,12-15,19H,2-5,8-11H2,1H3;5-6,11-14H,7-10,15H2,1-4H3;5-6,11-14,18H,2-4,7-10H2,1H3;4-5,11-14,16H,6-10H2,1-3H3. The molecule has 14 rings (SSSR count). The summed E-state index contributed by atoms with van der Waals surface area (Å²) in [5.74, 6) is 2.82. The summed E-state index contributed by atoms with van der Waals surface area (Å²) >= 11 is 24.4. The maximum atomic E-state index is 13.5. The minimum absolute atomic E-state index is 0.0198. The van der Waals surface area contributed by atoms with E-state index in [2.05, 4.69) is 0 Å². The summed E-state index contributed by atoms with van der Waals surface area (Å²) in [5, 5.41) is 39.2. The van der Waals surface area contributed by atoms with Gasteiger partial charge in [-0.3, -0.25) is 19.2 Å². The van der Waals surface area contributed by atoms with Crippen molar-refractivity contribution in [2.45, 2.75) is 140 Å². The zero-order valence-corrected chi connectivity index (χ0v) is 80.1. The fourth-order valence-corrected chi connectivity index (χ4v) is 23.0. The Morgan fingerprint density at radius 2 is 0.592 bits per heavy atom. The van der Waals surface area contributed by atoms with Crippen LogP contribution >= 0.6 is 46.4 Å². The number of benzene rings is 8. The van der Waals surface area contributed by atoms with E-state index in [-0.39, 0.29) is 164 Å². The first-order valence-corrected chi connectivity index (χ1v) is 49.9. The van der Waals surface area contributed by atoms with E-state index in [1.807, 2.05) is 86.6 Å². The Morgan fingerprint density at radius 1 is 0.354 bits per heavy atom. The molecule has 4 amide bonds. The van der Waals surface area contributed by atoms with E-state index in [0.29, 0.717) is 108 Å². The summed E-state index contributed by atoms with van der Waals surface area (Å²) in [6.45, 7) is 21.6. The lowest BCUT2D eigenvalue weighted by Crippen LogP contribution is -2.52. The second-order valence-corrected chi connectivity index (χ2v) is 43.7. The van der Waals surface area contributed by atoms with Crippen LogP contribution in [0.3, 0.4) is 0 Å². The van der Waals surface area contributed by atoms with Gasteiger partial charge in [0, 0.05) is 149 Å². The molecule has 130 heavy (non-hydrogen) atoms. The van der Waals surface area contributed by atoms with Gasteiger partial charge in [0.2, 0.25) is 63.7 Å². The van der Waals surface area contributed by atoms with Gasteiger partial charge in [0.25, 0.3) is 0 Å². The highest BCUT2D eigenvalue weighted by Gasteiger charge is 2.40. The van der Waals surface area contributed by atoms with Gasteiger partial charge in [-0.2, -0.15) is 38.3 Å². The van der Waals surface area contributed by atoms with Gasteiger partial charge in [-0.1, -0.05) is 100 Å². The first-order valence-electron chi connectivity index (χ1n) is 42.6. The molecule has 688 valence electrons. The number of hydrogen-bond acceptors (Lipinski definition) is 20. The zero-order chi connectivity index (χ0) is 94.3. The van der Waals surface area contributed by atoms with Crippen molar-refractivity contribution in [3.63, 3.8) is 0 Å². The highest BCUT2D eigenvalue weighted by molar-refractivity contribution is 7.90. The molecule has 36 heteroatoms. The van der Waals surface area contributed by atoms with Crippen molar-refractivity contribution in [2.75, 3.05) is 105 Å². The summed E-state index contributed by atoms with van der Waals surface area (Å²) in [7, 11) is -15.8. The topological polar surface area (TPSA) is 363 Å². The minimum Gasteiger partial charge on any atom is -0.456 e. The largest absolute Gasteiger partial charge is 0.456 e. The molecular weight excluding hydrogens is 1820 g/mol. The van der Waals surface area contributed by atoms with Gasteiger partial charge in [-0.05, 0) is 233 Å². The molecule has 4 saturated heterocycles. The van der Waals surface area contributed by atoms with E-state index in [9.17, 15) is 73.9 Å². The number of sulfonamides is 4. The summed E-state index contributed by atoms with van der Waals surface area (Å²) in [4.78, 5) is 56.7. The molecule has 0 bridgehead atoms. The average Bonchev–Trinajstić information content (AvgIpc) is 0.881. The molecule has 0 spiro atoms. The van der Waals surface area contributed by atoms with Crippen LogP contribution in [0.1, 0.15) is 137 Å². The third-order valence-electron chi connectivity index (χ3n) is 22.4. The van der Waals surface area contributed by atoms with Crippen LogP contribution in [0, 0.1) is 96.2 Å². The van der Waals surface area contributed by atoms with Gasteiger partial charge in [0.15, 0.2) is 0 Å². The number of nitrogens with zero attached hydrogens (tertiary/aromatic N) is 12. The third kappa shape index (κ3) is 26.1.